The summed E-state index contributed by atoms with van der Waals surface area (Å²) in [5.74, 6) is -0.664. The lowest BCUT2D eigenvalue weighted by atomic mass is 10.1. The molecule has 2 aromatic carbocycles. The Kier molecular flexibility index (Phi) is 5.56. The number of nitro benzene ring substituents is 1. The maximum Gasteiger partial charge on any atom is 0.413 e. The minimum absolute atomic E-state index is 0.145. The summed E-state index contributed by atoms with van der Waals surface area (Å²) in [4.78, 5) is 35.4. The Morgan fingerprint density at radius 1 is 1.20 bits per heavy atom. The molecule has 0 atom stereocenters. The van der Waals surface area contributed by atoms with Gasteiger partial charge in [-0.1, -0.05) is 11.6 Å². The van der Waals surface area contributed by atoms with E-state index in [4.69, 9.17) is 11.6 Å². The van der Waals surface area contributed by atoms with Gasteiger partial charge >= 0.3 is 6.09 Å². The fourth-order valence-electron chi connectivity index (χ4n) is 2.06. The average Bonchev–Trinajstić information content (AvgIpc) is 2.60. The van der Waals surface area contributed by atoms with Gasteiger partial charge in [-0.3, -0.25) is 19.8 Å². The summed E-state index contributed by atoms with van der Waals surface area (Å²) in [6, 6.07) is 10.1. The maximum atomic E-state index is 12.3. The molecule has 0 aliphatic rings. The second kappa shape index (κ2) is 7.63. The van der Waals surface area contributed by atoms with Gasteiger partial charge in [-0.05, 0) is 36.4 Å². The highest BCUT2D eigenvalue weighted by Gasteiger charge is 2.20. The lowest BCUT2D eigenvalue weighted by Gasteiger charge is -2.16. The van der Waals surface area contributed by atoms with Crippen LogP contribution in [0, 0.1) is 10.1 Å². The summed E-state index contributed by atoms with van der Waals surface area (Å²) >= 11 is 5.82. The molecule has 2 aromatic rings. The SMILES string of the molecule is COC(=O)N(C)c1ccc(NC(=O)c2cc(Cl)ccc2[N+](=O)[O-])cc1. The van der Waals surface area contributed by atoms with Crippen molar-refractivity contribution >= 4 is 40.7 Å². The smallest absolute Gasteiger partial charge is 0.413 e. The third-order valence-corrected chi connectivity index (χ3v) is 3.60. The Labute approximate surface area is 148 Å². The monoisotopic (exact) mass is 363 g/mol. The van der Waals surface area contributed by atoms with Crippen molar-refractivity contribution in [1.82, 2.24) is 0 Å². The molecule has 0 heterocycles. The van der Waals surface area contributed by atoms with Gasteiger partial charge in [0.15, 0.2) is 0 Å². The molecule has 2 amide bonds. The number of nitrogens with zero attached hydrogens (tertiary/aromatic N) is 2. The van der Waals surface area contributed by atoms with E-state index < -0.39 is 16.9 Å². The number of nitro groups is 1. The Bertz CT molecular complexity index is 823. The number of ether oxygens (including phenoxy) is 1. The van der Waals surface area contributed by atoms with Crippen LogP contribution in [0.2, 0.25) is 5.02 Å². The van der Waals surface area contributed by atoms with Crippen LogP contribution in [-0.4, -0.2) is 31.1 Å². The number of amides is 2. The van der Waals surface area contributed by atoms with E-state index in [2.05, 4.69) is 10.1 Å². The molecule has 0 fully saturated rings. The van der Waals surface area contributed by atoms with E-state index in [1.807, 2.05) is 0 Å². The average molecular weight is 364 g/mol. The molecule has 0 saturated heterocycles. The van der Waals surface area contributed by atoms with Gasteiger partial charge in [-0.15, -0.1) is 0 Å². The van der Waals surface area contributed by atoms with Gasteiger partial charge in [0.2, 0.25) is 0 Å². The van der Waals surface area contributed by atoms with E-state index in [1.165, 1.54) is 37.3 Å². The number of carbonyl (C=O) groups excluding carboxylic acids is 2. The van der Waals surface area contributed by atoms with Gasteiger partial charge < -0.3 is 10.1 Å². The molecule has 0 unspecified atom stereocenters. The van der Waals surface area contributed by atoms with Crippen LogP contribution in [0.3, 0.4) is 0 Å². The number of halogens is 1. The highest BCUT2D eigenvalue weighted by molar-refractivity contribution is 6.31. The van der Waals surface area contributed by atoms with Gasteiger partial charge in [0.1, 0.15) is 5.56 Å². The topological polar surface area (TPSA) is 102 Å². The lowest BCUT2D eigenvalue weighted by molar-refractivity contribution is -0.385. The first-order chi connectivity index (χ1) is 11.8. The molecule has 25 heavy (non-hydrogen) atoms. The van der Waals surface area contributed by atoms with Crippen molar-refractivity contribution in [2.24, 2.45) is 0 Å². The quantitative estimate of drug-likeness (QED) is 0.659. The molecule has 8 nitrogen and oxygen atoms in total. The molecular weight excluding hydrogens is 350 g/mol. The number of nitrogens with one attached hydrogen (secondary N) is 1. The van der Waals surface area contributed by atoms with Crippen LogP contribution in [0.25, 0.3) is 0 Å². The van der Waals surface area contributed by atoms with E-state index >= 15 is 0 Å². The first-order valence-electron chi connectivity index (χ1n) is 7.00. The van der Waals surface area contributed by atoms with Crippen molar-refractivity contribution in [2.75, 3.05) is 24.4 Å². The predicted octanol–water partition coefficient (Wildman–Crippen LogP) is 3.70. The first kappa shape index (κ1) is 18.2. The van der Waals surface area contributed by atoms with E-state index in [0.29, 0.717) is 11.4 Å². The zero-order valence-corrected chi connectivity index (χ0v) is 14.1. The number of hydrogen-bond acceptors (Lipinski definition) is 5. The summed E-state index contributed by atoms with van der Waals surface area (Å²) in [5, 5.41) is 13.8. The Hall–Kier alpha value is -3.13. The predicted molar refractivity (Wildman–Crippen MR) is 93.3 cm³/mol. The zero-order chi connectivity index (χ0) is 18.6. The summed E-state index contributed by atoms with van der Waals surface area (Å²) in [6.45, 7) is 0. The van der Waals surface area contributed by atoms with Crippen LogP contribution in [-0.2, 0) is 4.74 Å². The van der Waals surface area contributed by atoms with Gasteiger partial charge in [0, 0.05) is 29.5 Å². The molecule has 130 valence electrons. The van der Waals surface area contributed by atoms with Crippen molar-refractivity contribution in [3.8, 4) is 0 Å². The molecule has 9 heteroatoms. The van der Waals surface area contributed by atoms with Crippen molar-refractivity contribution < 1.29 is 19.2 Å². The summed E-state index contributed by atoms with van der Waals surface area (Å²) < 4.78 is 4.61. The lowest BCUT2D eigenvalue weighted by Crippen LogP contribution is -2.25. The van der Waals surface area contributed by atoms with Gasteiger partial charge in [0.25, 0.3) is 11.6 Å². The van der Waals surface area contributed by atoms with Crippen LogP contribution in [0.15, 0.2) is 42.5 Å². The van der Waals surface area contributed by atoms with Crippen LogP contribution >= 0.6 is 11.6 Å². The van der Waals surface area contributed by atoms with Crippen LogP contribution in [0.1, 0.15) is 10.4 Å². The van der Waals surface area contributed by atoms with Gasteiger partial charge in [-0.2, -0.15) is 0 Å². The summed E-state index contributed by atoms with van der Waals surface area (Å²) in [7, 11) is 2.81. The second-order valence-corrected chi connectivity index (χ2v) is 5.39. The van der Waals surface area contributed by atoms with Crippen molar-refractivity contribution in [3.05, 3.63) is 63.2 Å². The molecule has 2 rings (SSSR count). The fourth-order valence-corrected chi connectivity index (χ4v) is 2.23. The zero-order valence-electron chi connectivity index (χ0n) is 13.4. The molecule has 0 spiro atoms. The molecule has 0 aliphatic carbocycles. The molecule has 1 N–H and O–H groups in total. The molecule has 0 aliphatic heterocycles. The van der Waals surface area contributed by atoms with Gasteiger partial charge in [-0.25, -0.2) is 4.79 Å². The number of carbonyl (C=O) groups is 2. The third-order valence-electron chi connectivity index (χ3n) is 3.36. The number of hydrogen-bond donors (Lipinski definition) is 1. The minimum atomic E-state index is -0.664. The third kappa shape index (κ3) is 4.24. The normalized spacial score (nSPS) is 10.0. The molecular formula is C16H14ClN3O5. The van der Waals surface area contributed by atoms with Crippen LogP contribution < -0.4 is 10.2 Å². The van der Waals surface area contributed by atoms with E-state index in [0.717, 1.165) is 0 Å². The number of rotatable bonds is 4. The van der Waals surface area contributed by atoms with Crippen LogP contribution in [0.4, 0.5) is 21.9 Å². The largest absolute Gasteiger partial charge is 0.452 e. The summed E-state index contributed by atoms with van der Waals surface area (Å²) in [5.41, 5.74) is 0.470. The maximum absolute atomic E-state index is 12.3. The molecule has 0 radical (unpaired) electrons. The highest BCUT2D eigenvalue weighted by atomic mass is 35.5. The van der Waals surface area contributed by atoms with Crippen molar-refractivity contribution in [2.45, 2.75) is 0 Å². The Morgan fingerprint density at radius 2 is 1.84 bits per heavy atom. The number of benzene rings is 2. The molecule has 0 bridgehead atoms. The van der Waals surface area contributed by atoms with Crippen molar-refractivity contribution in [1.29, 1.82) is 0 Å². The highest BCUT2D eigenvalue weighted by Crippen LogP contribution is 2.24. The van der Waals surface area contributed by atoms with Crippen molar-refractivity contribution in [3.63, 3.8) is 0 Å². The van der Waals surface area contributed by atoms with Gasteiger partial charge in [0.05, 0.1) is 12.0 Å². The first-order valence-corrected chi connectivity index (χ1v) is 7.38. The summed E-state index contributed by atoms with van der Waals surface area (Å²) in [6.07, 6.45) is -0.536. The standard InChI is InChI=1S/C16H14ClN3O5/c1-19(16(22)25-2)12-6-4-11(5-7-12)18-15(21)13-9-10(17)3-8-14(13)20(23)24/h3-9H,1-2H3,(H,18,21). The Morgan fingerprint density at radius 3 is 2.40 bits per heavy atom. The van der Waals surface area contributed by atoms with E-state index in [9.17, 15) is 19.7 Å². The number of methoxy groups -OCH3 is 1. The second-order valence-electron chi connectivity index (χ2n) is 4.95. The molecule has 0 saturated carbocycles. The van der Waals surface area contributed by atoms with E-state index in [1.54, 1.807) is 24.3 Å². The fraction of sp³-hybridized carbons (Fsp3) is 0.125. The molecule has 0 aromatic heterocycles. The number of anilines is 2. The Balaban J connectivity index is 2.20. The van der Waals surface area contributed by atoms with E-state index in [-0.39, 0.29) is 16.3 Å². The van der Waals surface area contributed by atoms with Crippen LogP contribution in [0.5, 0.6) is 0 Å². The minimum Gasteiger partial charge on any atom is -0.452 e.